The smallest absolute Gasteiger partial charge is 0.326 e. The molecule has 0 saturated heterocycles. The molecule has 3 rings (SSSR count). The van der Waals surface area contributed by atoms with E-state index in [-0.39, 0.29) is 24.0 Å². The summed E-state index contributed by atoms with van der Waals surface area (Å²) in [5.41, 5.74) is 0.414. The van der Waals surface area contributed by atoms with Crippen molar-refractivity contribution in [2.24, 2.45) is 5.92 Å². The lowest BCUT2D eigenvalue weighted by Gasteiger charge is -2.27. The summed E-state index contributed by atoms with van der Waals surface area (Å²) in [4.78, 5) is 38.7. The molecule has 4 N–H and O–H groups in total. The number of rotatable bonds is 9. The van der Waals surface area contributed by atoms with Crippen molar-refractivity contribution < 1.29 is 24.6 Å². The number of hydrogen-bond donors (Lipinski definition) is 4. The van der Waals surface area contributed by atoms with Crippen molar-refractivity contribution in [3.05, 3.63) is 82.3 Å². The van der Waals surface area contributed by atoms with Gasteiger partial charge < -0.3 is 20.8 Å². The number of carbonyl (C=O) groups is 3. The Morgan fingerprint density at radius 2 is 1.88 bits per heavy atom. The second-order valence-corrected chi connectivity index (χ2v) is 8.72. The monoisotopic (exact) mass is 454 g/mol. The Morgan fingerprint density at radius 1 is 1.12 bits per heavy atom. The van der Waals surface area contributed by atoms with Gasteiger partial charge in [-0.15, -0.1) is 11.3 Å². The predicted molar refractivity (Wildman–Crippen MR) is 123 cm³/mol. The average Bonchev–Trinajstić information content (AvgIpc) is 3.33. The highest BCUT2D eigenvalue weighted by atomic mass is 32.1. The number of aliphatic hydroxyl groups excluding tert-OH is 1. The third-order valence-electron chi connectivity index (χ3n) is 5.42. The Hall–Kier alpha value is -3.39. The standard InChI is InChI=1S/C24H26N2O5S/c1-15(20-8-5-13-32-20)21(26-22(28)17-6-3-2-4-7-17)23(29)25-19(24(30)31)14-16-9-11-18(27)12-10-16/h2-9,11-13,15-16,19,21,27H,10,14H2,1H3,(H,25,29)(H,26,28)(H,30,31)/t15?,16?,19-,21-/m0/s1. The van der Waals surface area contributed by atoms with E-state index >= 15 is 0 Å². The van der Waals surface area contributed by atoms with Gasteiger partial charge in [-0.1, -0.05) is 37.3 Å². The highest BCUT2D eigenvalue weighted by Gasteiger charge is 2.32. The van der Waals surface area contributed by atoms with Crippen LogP contribution in [0.5, 0.6) is 0 Å². The van der Waals surface area contributed by atoms with Crippen molar-refractivity contribution in [2.75, 3.05) is 0 Å². The summed E-state index contributed by atoms with van der Waals surface area (Å²) in [6, 6.07) is 10.2. The zero-order chi connectivity index (χ0) is 23.1. The van der Waals surface area contributed by atoms with Crippen LogP contribution >= 0.6 is 11.3 Å². The number of hydrogen-bond acceptors (Lipinski definition) is 5. The first-order valence-corrected chi connectivity index (χ1v) is 11.2. The molecule has 0 saturated carbocycles. The van der Waals surface area contributed by atoms with Crippen LogP contribution in [-0.4, -0.2) is 40.1 Å². The van der Waals surface area contributed by atoms with Crippen LogP contribution in [0.15, 0.2) is 71.8 Å². The van der Waals surface area contributed by atoms with E-state index in [1.165, 1.54) is 17.4 Å². The molecule has 32 heavy (non-hydrogen) atoms. The molecule has 4 atom stereocenters. The number of allylic oxidation sites excluding steroid dienone is 3. The molecule has 0 fully saturated rings. The minimum atomic E-state index is -1.15. The van der Waals surface area contributed by atoms with Crippen LogP contribution in [0.2, 0.25) is 0 Å². The molecule has 2 aromatic rings. The normalized spacial score (nSPS) is 18.2. The Balaban J connectivity index is 1.76. The number of nitrogens with one attached hydrogen (secondary N) is 2. The van der Waals surface area contributed by atoms with E-state index in [4.69, 9.17) is 0 Å². The Labute approximate surface area is 190 Å². The van der Waals surface area contributed by atoms with Gasteiger partial charge in [-0.3, -0.25) is 9.59 Å². The second kappa shape index (κ2) is 10.8. The van der Waals surface area contributed by atoms with Gasteiger partial charge in [-0.05, 0) is 54.5 Å². The van der Waals surface area contributed by atoms with Gasteiger partial charge in [0.2, 0.25) is 5.91 Å². The summed E-state index contributed by atoms with van der Waals surface area (Å²) in [5.74, 6) is -2.45. The highest BCUT2D eigenvalue weighted by molar-refractivity contribution is 7.10. The average molecular weight is 455 g/mol. The lowest BCUT2D eigenvalue weighted by Crippen LogP contribution is -2.53. The van der Waals surface area contributed by atoms with E-state index in [9.17, 15) is 24.6 Å². The fourth-order valence-electron chi connectivity index (χ4n) is 3.56. The van der Waals surface area contributed by atoms with Crippen LogP contribution in [0.25, 0.3) is 0 Å². The highest BCUT2D eigenvalue weighted by Crippen LogP contribution is 2.25. The van der Waals surface area contributed by atoms with E-state index in [1.54, 1.807) is 42.5 Å². The van der Waals surface area contributed by atoms with E-state index < -0.39 is 29.9 Å². The van der Waals surface area contributed by atoms with Crippen molar-refractivity contribution >= 4 is 29.1 Å². The van der Waals surface area contributed by atoms with Crippen molar-refractivity contribution in [3.63, 3.8) is 0 Å². The molecule has 8 heteroatoms. The Kier molecular flexibility index (Phi) is 7.83. The molecule has 1 heterocycles. The number of carbonyl (C=O) groups excluding carboxylic acids is 2. The van der Waals surface area contributed by atoms with Gasteiger partial charge >= 0.3 is 5.97 Å². The van der Waals surface area contributed by atoms with Gasteiger partial charge in [0.1, 0.15) is 17.8 Å². The zero-order valence-corrected chi connectivity index (χ0v) is 18.4. The van der Waals surface area contributed by atoms with Crippen molar-refractivity contribution in [3.8, 4) is 0 Å². The van der Waals surface area contributed by atoms with Gasteiger partial charge in [0, 0.05) is 16.4 Å². The van der Waals surface area contributed by atoms with Gasteiger partial charge in [-0.25, -0.2) is 4.79 Å². The molecule has 1 aliphatic carbocycles. The summed E-state index contributed by atoms with van der Waals surface area (Å²) >= 11 is 1.47. The molecule has 0 radical (unpaired) electrons. The zero-order valence-electron chi connectivity index (χ0n) is 17.6. The quantitative estimate of drug-likeness (QED) is 0.462. The topological polar surface area (TPSA) is 116 Å². The first kappa shape index (κ1) is 23.3. The molecular formula is C24H26N2O5S. The number of aliphatic carboxylic acids is 1. The van der Waals surface area contributed by atoms with Crippen molar-refractivity contribution in [1.29, 1.82) is 0 Å². The summed E-state index contributed by atoms with van der Waals surface area (Å²) in [5, 5.41) is 26.4. The summed E-state index contributed by atoms with van der Waals surface area (Å²) in [7, 11) is 0. The van der Waals surface area contributed by atoms with Crippen LogP contribution in [-0.2, 0) is 9.59 Å². The first-order chi connectivity index (χ1) is 15.3. The lowest BCUT2D eigenvalue weighted by molar-refractivity contribution is -0.142. The maximum Gasteiger partial charge on any atom is 0.326 e. The molecule has 0 bridgehead atoms. The van der Waals surface area contributed by atoms with E-state index in [1.807, 2.05) is 24.4 Å². The molecular weight excluding hydrogens is 428 g/mol. The number of carboxylic acid groups (broad SMARTS) is 1. The third kappa shape index (κ3) is 6.07. The van der Waals surface area contributed by atoms with Crippen LogP contribution < -0.4 is 10.6 Å². The number of aliphatic hydroxyl groups is 1. The first-order valence-electron chi connectivity index (χ1n) is 10.3. The molecule has 168 valence electrons. The van der Waals surface area contributed by atoms with E-state index in [0.29, 0.717) is 12.0 Å². The van der Waals surface area contributed by atoms with Gasteiger partial charge in [0.05, 0.1) is 0 Å². The second-order valence-electron chi connectivity index (χ2n) is 7.74. The van der Waals surface area contributed by atoms with E-state index in [0.717, 1.165) is 4.88 Å². The number of benzene rings is 1. The molecule has 1 aliphatic rings. The number of amides is 2. The SMILES string of the molecule is CC(c1cccs1)[C@H](NC(=O)c1ccccc1)C(=O)N[C@@H](CC1C=CC(O)=CC1)C(=O)O. The number of thiophene rings is 1. The van der Waals surface area contributed by atoms with Gasteiger partial charge in [-0.2, -0.15) is 0 Å². The Morgan fingerprint density at radius 3 is 2.47 bits per heavy atom. The minimum absolute atomic E-state index is 0.126. The predicted octanol–water partition coefficient (Wildman–Crippen LogP) is 3.63. The lowest BCUT2D eigenvalue weighted by atomic mass is 9.92. The third-order valence-corrected chi connectivity index (χ3v) is 6.49. The largest absolute Gasteiger partial charge is 0.508 e. The maximum atomic E-state index is 13.2. The molecule has 1 aromatic carbocycles. The Bertz CT molecular complexity index is 1000. The molecule has 2 unspecified atom stereocenters. The number of carboxylic acids is 1. The van der Waals surface area contributed by atoms with Crippen molar-refractivity contribution in [2.45, 2.75) is 37.8 Å². The summed E-state index contributed by atoms with van der Waals surface area (Å²) in [6.07, 6.45) is 5.54. The summed E-state index contributed by atoms with van der Waals surface area (Å²) in [6.45, 7) is 1.83. The minimum Gasteiger partial charge on any atom is -0.508 e. The maximum absolute atomic E-state index is 13.2. The van der Waals surface area contributed by atoms with Crippen LogP contribution in [0.3, 0.4) is 0 Å². The van der Waals surface area contributed by atoms with Crippen LogP contribution in [0, 0.1) is 5.92 Å². The van der Waals surface area contributed by atoms with Crippen LogP contribution in [0.1, 0.15) is 40.9 Å². The fourth-order valence-corrected chi connectivity index (χ4v) is 4.38. The summed E-state index contributed by atoms with van der Waals surface area (Å²) < 4.78 is 0. The van der Waals surface area contributed by atoms with Crippen molar-refractivity contribution in [1.82, 2.24) is 10.6 Å². The molecule has 7 nitrogen and oxygen atoms in total. The molecule has 2 amide bonds. The fraction of sp³-hybridized carbons (Fsp3) is 0.292. The van der Waals surface area contributed by atoms with E-state index in [2.05, 4.69) is 10.6 Å². The van der Waals surface area contributed by atoms with Crippen LogP contribution in [0.4, 0.5) is 0 Å². The molecule has 0 spiro atoms. The molecule has 0 aliphatic heterocycles. The van der Waals surface area contributed by atoms with Gasteiger partial charge in [0.25, 0.3) is 5.91 Å². The van der Waals surface area contributed by atoms with Gasteiger partial charge in [0.15, 0.2) is 0 Å². The molecule has 1 aromatic heterocycles.